The fraction of sp³-hybridized carbons (Fsp3) is 0.200. The van der Waals surface area contributed by atoms with Crippen LogP contribution in [0.15, 0.2) is 47.7 Å². The van der Waals surface area contributed by atoms with E-state index in [0.717, 1.165) is 17.8 Å². The molecule has 0 spiro atoms. The Balaban J connectivity index is 1.95. The van der Waals surface area contributed by atoms with E-state index in [0.29, 0.717) is 0 Å². The quantitative estimate of drug-likeness (QED) is 0.685. The van der Waals surface area contributed by atoms with Gasteiger partial charge in [-0.15, -0.1) is 0 Å². The summed E-state index contributed by atoms with van der Waals surface area (Å²) in [4.78, 5) is 11.7. The number of carbonyl (C=O) groups excluding carboxylic acids is 1. The third-order valence-corrected chi connectivity index (χ3v) is 2.99. The average Bonchev–Trinajstić information content (AvgIpc) is 2.84. The number of nitrogens with one attached hydrogen (secondary N) is 1. The molecule has 2 rings (SSSR count). The van der Waals surface area contributed by atoms with Crippen LogP contribution in [0.5, 0.6) is 0 Å². The number of benzene rings is 1. The summed E-state index contributed by atoms with van der Waals surface area (Å²) >= 11 is 0. The van der Waals surface area contributed by atoms with Gasteiger partial charge in [-0.05, 0) is 23.8 Å². The molecule has 0 fully saturated rings. The van der Waals surface area contributed by atoms with Crippen LogP contribution in [-0.2, 0) is 24.4 Å². The molecule has 0 aliphatic heterocycles. The molecule has 1 heterocycles. The summed E-state index contributed by atoms with van der Waals surface area (Å²) in [5.41, 5.74) is 2.59. The van der Waals surface area contributed by atoms with Gasteiger partial charge in [0.25, 0.3) is 0 Å². The molecule has 116 valence electrons. The normalized spacial score (nSPS) is 11.8. The van der Waals surface area contributed by atoms with Crippen molar-refractivity contribution < 1.29 is 18.0 Å². The van der Waals surface area contributed by atoms with Crippen LogP contribution in [0.25, 0.3) is 0 Å². The van der Waals surface area contributed by atoms with E-state index in [1.54, 1.807) is 0 Å². The maximum absolute atomic E-state index is 12.6. The number of alkyl halides is 3. The lowest BCUT2D eigenvalue weighted by molar-refractivity contribution is -0.137. The Kier molecular flexibility index (Phi) is 4.65. The second-order valence-corrected chi connectivity index (χ2v) is 4.71. The van der Waals surface area contributed by atoms with Crippen molar-refractivity contribution in [2.45, 2.75) is 12.6 Å². The second-order valence-electron chi connectivity index (χ2n) is 4.71. The summed E-state index contributed by atoms with van der Waals surface area (Å²) in [6.45, 7) is 0. The van der Waals surface area contributed by atoms with E-state index in [2.05, 4.69) is 10.5 Å². The van der Waals surface area contributed by atoms with Gasteiger partial charge in [0.05, 0.1) is 23.9 Å². The molecule has 1 aromatic heterocycles. The zero-order valence-electron chi connectivity index (χ0n) is 11.8. The predicted molar refractivity (Wildman–Crippen MR) is 76.3 cm³/mol. The number of carbonyl (C=O) groups is 1. The van der Waals surface area contributed by atoms with Crippen LogP contribution in [-0.4, -0.2) is 16.7 Å². The van der Waals surface area contributed by atoms with Crippen LogP contribution in [0.3, 0.4) is 0 Å². The molecule has 2 aromatic rings. The van der Waals surface area contributed by atoms with E-state index in [9.17, 15) is 18.0 Å². The minimum atomic E-state index is -4.42. The molecule has 0 radical (unpaired) electrons. The van der Waals surface area contributed by atoms with Crippen LogP contribution in [0.2, 0.25) is 0 Å². The number of nitrogens with zero attached hydrogens (tertiary/aromatic N) is 2. The fourth-order valence-electron chi connectivity index (χ4n) is 1.86. The monoisotopic (exact) mass is 309 g/mol. The topological polar surface area (TPSA) is 46.4 Å². The molecule has 0 unspecified atom stereocenters. The molecule has 0 aliphatic rings. The van der Waals surface area contributed by atoms with Gasteiger partial charge in [-0.1, -0.05) is 18.2 Å². The number of aryl methyl sites for hydroxylation is 1. The van der Waals surface area contributed by atoms with Gasteiger partial charge in [-0.2, -0.15) is 18.3 Å². The van der Waals surface area contributed by atoms with Crippen molar-refractivity contribution in [3.63, 3.8) is 0 Å². The van der Waals surface area contributed by atoms with Crippen LogP contribution >= 0.6 is 0 Å². The van der Waals surface area contributed by atoms with E-state index >= 15 is 0 Å². The third-order valence-electron chi connectivity index (χ3n) is 2.99. The molecule has 4 nitrogen and oxygen atoms in total. The number of halogens is 3. The third kappa shape index (κ3) is 4.21. The smallest absolute Gasteiger partial charge is 0.350 e. The van der Waals surface area contributed by atoms with Gasteiger partial charge in [0.15, 0.2) is 0 Å². The summed E-state index contributed by atoms with van der Waals surface area (Å²) in [7, 11) is 1.83. The van der Waals surface area contributed by atoms with E-state index in [4.69, 9.17) is 0 Å². The van der Waals surface area contributed by atoms with Crippen LogP contribution in [0, 0.1) is 0 Å². The SMILES string of the molecule is Cn1cccc1/C=N/NC(=O)Cc1cccc(C(F)(F)F)c1. The minimum Gasteiger partial charge on any atom is -0.350 e. The van der Waals surface area contributed by atoms with E-state index in [1.807, 2.05) is 29.9 Å². The van der Waals surface area contributed by atoms with Crippen LogP contribution < -0.4 is 5.43 Å². The molecule has 22 heavy (non-hydrogen) atoms. The van der Waals surface area contributed by atoms with E-state index in [-0.39, 0.29) is 12.0 Å². The zero-order valence-corrected chi connectivity index (χ0v) is 11.8. The summed E-state index contributed by atoms with van der Waals surface area (Å²) in [5.74, 6) is -0.482. The standard InChI is InChI=1S/C15H14F3N3O/c1-21-7-3-6-13(21)10-19-20-14(22)9-11-4-2-5-12(8-11)15(16,17)18/h2-8,10H,9H2,1H3,(H,20,22)/b19-10+. The molecule has 7 heteroatoms. The lowest BCUT2D eigenvalue weighted by Gasteiger charge is -2.08. The molecule has 0 aliphatic carbocycles. The first-order valence-electron chi connectivity index (χ1n) is 6.45. The van der Waals surface area contributed by atoms with Gasteiger partial charge in [0.2, 0.25) is 5.91 Å². The zero-order chi connectivity index (χ0) is 16.2. The molecule has 1 amide bonds. The Hall–Kier alpha value is -2.57. The molecular weight excluding hydrogens is 295 g/mol. The van der Waals surface area contributed by atoms with Gasteiger partial charge >= 0.3 is 6.18 Å². The maximum Gasteiger partial charge on any atom is 0.416 e. The summed E-state index contributed by atoms with van der Waals surface area (Å²) in [5, 5.41) is 3.77. The van der Waals surface area contributed by atoms with Crippen LogP contribution in [0.1, 0.15) is 16.8 Å². The van der Waals surface area contributed by atoms with Crippen molar-refractivity contribution in [2.24, 2.45) is 12.1 Å². The molecule has 0 saturated heterocycles. The summed E-state index contributed by atoms with van der Waals surface area (Å²) in [6.07, 6.45) is -1.30. The number of rotatable bonds is 4. The first-order chi connectivity index (χ1) is 10.4. The molecular formula is C15H14F3N3O. The van der Waals surface area contributed by atoms with Crippen molar-refractivity contribution in [2.75, 3.05) is 0 Å². The molecule has 1 N–H and O–H groups in total. The lowest BCUT2D eigenvalue weighted by Crippen LogP contribution is -2.20. The van der Waals surface area contributed by atoms with Gasteiger partial charge in [-0.25, -0.2) is 5.43 Å². The average molecular weight is 309 g/mol. The number of amides is 1. The predicted octanol–water partition coefficient (Wildman–Crippen LogP) is 2.74. The largest absolute Gasteiger partial charge is 0.416 e. The van der Waals surface area contributed by atoms with Gasteiger partial charge in [0, 0.05) is 13.2 Å². The van der Waals surface area contributed by atoms with E-state index < -0.39 is 17.6 Å². The van der Waals surface area contributed by atoms with Gasteiger partial charge < -0.3 is 4.57 Å². The molecule has 0 saturated carbocycles. The summed E-state index contributed by atoms with van der Waals surface area (Å²) in [6, 6.07) is 8.30. The number of aromatic nitrogens is 1. The van der Waals surface area contributed by atoms with Crippen LogP contribution in [0.4, 0.5) is 13.2 Å². The summed E-state index contributed by atoms with van der Waals surface area (Å²) < 4.78 is 39.5. The highest BCUT2D eigenvalue weighted by Gasteiger charge is 2.30. The van der Waals surface area contributed by atoms with Gasteiger partial charge in [-0.3, -0.25) is 4.79 Å². The minimum absolute atomic E-state index is 0.172. The number of hydrazone groups is 1. The molecule has 0 bridgehead atoms. The van der Waals surface area contributed by atoms with Crippen molar-refractivity contribution in [3.05, 3.63) is 59.4 Å². The van der Waals surface area contributed by atoms with Gasteiger partial charge in [0.1, 0.15) is 0 Å². The van der Waals surface area contributed by atoms with Crippen molar-refractivity contribution in [1.82, 2.24) is 9.99 Å². The Morgan fingerprint density at radius 3 is 2.73 bits per heavy atom. The second kappa shape index (κ2) is 6.46. The first-order valence-corrected chi connectivity index (χ1v) is 6.45. The Labute approximate surface area is 125 Å². The maximum atomic E-state index is 12.6. The lowest BCUT2D eigenvalue weighted by atomic mass is 10.1. The van der Waals surface area contributed by atoms with Crippen molar-refractivity contribution in [3.8, 4) is 0 Å². The Morgan fingerprint density at radius 1 is 1.32 bits per heavy atom. The highest BCUT2D eigenvalue weighted by atomic mass is 19.4. The fourth-order valence-corrected chi connectivity index (χ4v) is 1.86. The molecule has 1 aromatic carbocycles. The van der Waals surface area contributed by atoms with Crippen molar-refractivity contribution >= 4 is 12.1 Å². The van der Waals surface area contributed by atoms with E-state index in [1.165, 1.54) is 18.3 Å². The molecule has 0 atom stereocenters. The van der Waals surface area contributed by atoms with Crippen molar-refractivity contribution in [1.29, 1.82) is 0 Å². The number of hydrogen-bond donors (Lipinski definition) is 1. The Morgan fingerprint density at radius 2 is 2.09 bits per heavy atom. The highest BCUT2D eigenvalue weighted by molar-refractivity contribution is 5.82. The number of hydrogen-bond acceptors (Lipinski definition) is 2. The first kappa shape index (κ1) is 15.8. The Bertz CT molecular complexity index is 689. The highest BCUT2D eigenvalue weighted by Crippen LogP contribution is 2.29.